The van der Waals surface area contributed by atoms with E-state index in [1.54, 1.807) is 70.9 Å². The van der Waals surface area contributed by atoms with Crippen molar-refractivity contribution in [1.29, 1.82) is 0 Å². The normalized spacial score (nSPS) is 10.4. The predicted octanol–water partition coefficient (Wildman–Crippen LogP) is 3.37. The van der Waals surface area contributed by atoms with Gasteiger partial charge in [0.1, 0.15) is 23.0 Å². The Bertz CT molecular complexity index is 728. The van der Waals surface area contributed by atoms with Crippen molar-refractivity contribution in [1.82, 2.24) is 0 Å². The summed E-state index contributed by atoms with van der Waals surface area (Å²) in [6, 6.07) is 10.5. The molecule has 0 heterocycles. The minimum absolute atomic E-state index is 0.273. The molecule has 6 nitrogen and oxygen atoms in total. The molecule has 0 unspecified atom stereocenters. The van der Waals surface area contributed by atoms with E-state index in [0.717, 1.165) is 5.75 Å². The molecule has 0 saturated carbocycles. The van der Waals surface area contributed by atoms with Crippen LogP contribution in [-0.4, -0.2) is 34.3 Å². The Balaban J connectivity index is 2.18. The van der Waals surface area contributed by atoms with Gasteiger partial charge in [0.05, 0.1) is 34.0 Å². The number of carbonyl (C=O) groups excluding carboxylic acids is 1. The molecule has 6 heteroatoms. The standard InChI is InChI=1S/C19H21NO5/c1-22-14-7-5-13(6-8-14)20-19(21)10-9-16-17(24-3)11-15(23-2)12-18(16)25-4/h5-12H,1-4H3,(H,20,21)/b10-9+. The van der Waals surface area contributed by atoms with Gasteiger partial charge in [-0.15, -0.1) is 0 Å². The summed E-state index contributed by atoms with van der Waals surface area (Å²) in [6.45, 7) is 0. The Morgan fingerprint density at radius 1 is 0.840 bits per heavy atom. The Kier molecular flexibility index (Phi) is 6.28. The summed E-state index contributed by atoms with van der Waals surface area (Å²) < 4.78 is 21.0. The molecule has 2 aromatic carbocycles. The largest absolute Gasteiger partial charge is 0.497 e. The van der Waals surface area contributed by atoms with Crippen molar-refractivity contribution in [3.05, 3.63) is 48.0 Å². The molecule has 0 aliphatic heterocycles. The molecule has 1 N–H and O–H groups in total. The number of rotatable bonds is 7. The Labute approximate surface area is 147 Å². The van der Waals surface area contributed by atoms with Gasteiger partial charge in [-0.05, 0) is 30.3 Å². The van der Waals surface area contributed by atoms with E-state index in [-0.39, 0.29) is 5.91 Å². The Morgan fingerprint density at radius 3 is 1.88 bits per heavy atom. The van der Waals surface area contributed by atoms with Crippen LogP contribution in [0.15, 0.2) is 42.5 Å². The second-order valence-corrected chi connectivity index (χ2v) is 5.00. The zero-order chi connectivity index (χ0) is 18.2. The van der Waals surface area contributed by atoms with E-state index in [9.17, 15) is 4.79 Å². The highest BCUT2D eigenvalue weighted by Crippen LogP contribution is 2.35. The minimum Gasteiger partial charge on any atom is -0.497 e. The van der Waals surface area contributed by atoms with Gasteiger partial charge in [-0.3, -0.25) is 4.79 Å². The van der Waals surface area contributed by atoms with E-state index in [0.29, 0.717) is 28.5 Å². The smallest absolute Gasteiger partial charge is 0.248 e. The Morgan fingerprint density at radius 2 is 1.40 bits per heavy atom. The zero-order valence-corrected chi connectivity index (χ0v) is 14.7. The number of nitrogens with one attached hydrogen (secondary N) is 1. The third-order valence-electron chi connectivity index (χ3n) is 3.51. The first-order chi connectivity index (χ1) is 12.1. The van der Waals surface area contributed by atoms with Gasteiger partial charge in [-0.2, -0.15) is 0 Å². The van der Waals surface area contributed by atoms with Gasteiger partial charge in [0.15, 0.2) is 0 Å². The molecule has 0 fully saturated rings. The molecular formula is C19H21NO5. The van der Waals surface area contributed by atoms with Crippen LogP contribution in [0.3, 0.4) is 0 Å². The van der Waals surface area contributed by atoms with Gasteiger partial charge >= 0.3 is 0 Å². The molecule has 0 spiro atoms. The first kappa shape index (κ1) is 18.2. The molecule has 2 aromatic rings. The van der Waals surface area contributed by atoms with Crippen LogP contribution in [0, 0.1) is 0 Å². The highest BCUT2D eigenvalue weighted by Gasteiger charge is 2.11. The maximum Gasteiger partial charge on any atom is 0.248 e. The molecule has 132 valence electrons. The van der Waals surface area contributed by atoms with Crippen LogP contribution in [0.5, 0.6) is 23.0 Å². The van der Waals surface area contributed by atoms with E-state index in [2.05, 4.69) is 5.32 Å². The van der Waals surface area contributed by atoms with Crippen LogP contribution in [0.2, 0.25) is 0 Å². The molecule has 25 heavy (non-hydrogen) atoms. The lowest BCUT2D eigenvalue weighted by molar-refractivity contribution is -0.111. The first-order valence-electron chi connectivity index (χ1n) is 7.54. The predicted molar refractivity (Wildman–Crippen MR) is 96.8 cm³/mol. The molecule has 0 radical (unpaired) electrons. The highest BCUT2D eigenvalue weighted by molar-refractivity contribution is 6.02. The monoisotopic (exact) mass is 343 g/mol. The fourth-order valence-corrected chi connectivity index (χ4v) is 2.21. The summed E-state index contributed by atoms with van der Waals surface area (Å²) in [6.07, 6.45) is 3.05. The zero-order valence-electron chi connectivity index (χ0n) is 14.7. The summed E-state index contributed by atoms with van der Waals surface area (Å²) in [7, 11) is 6.24. The lowest BCUT2D eigenvalue weighted by atomic mass is 10.1. The SMILES string of the molecule is COc1ccc(NC(=O)/C=C/c2c(OC)cc(OC)cc2OC)cc1. The number of carbonyl (C=O) groups is 1. The number of ether oxygens (including phenoxy) is 4. The number of hydrogen-bond acceptors (Lipinski definition) is 5. The third kappa shape index (κ3) is 4.67. The molecule has 0 aliphatic rings. The Hall–Kier alpha value is -3.15. The van der Waals surface area contributed by atoms with Crippen LogP contribution < -0.4 is 24.3 Å². The van der Waals surface area contributed by atoms with Crippen LogP contribution in [0.4, 0.5) is 5.69 Å². The van der Waals surface area contributed by atoms with Crippen molar-refractivity contribution in [3.63, 3.8) is 0 Å². The molecule has 2 rings (SSSR count). The molecule has 0 atom stereocenters. The summed E-state index contributed by atoms with van der Waals surface area (Å²) in [5, 5.41) is 2.77. The quantitative estimate of drug-likeness (QED) is 0.781. The van der Waals surface area contributed by atoms with E-state index >= 15 is 0 Å². The van der Waals surface area contributed by atoms with Crippen LogP contribution in [0.25, 0.3) is 6.08 Å². The highest BCUT2D eigenvalue weighted by atomic mass is 16.5. The third-order valence-corrected chi connectivity index (χ3v) is 3.51. The summed E-state index contributed by atoms with van der Waals surface area (Å²) in [5.74, 6) is 2.15. The van der Waals surface area contributed by atoms with Crippen LogP contribution in [-0.2, 0) is 4.79 Å². The lowest BCUT2D eigenvalue weighted by Gasteiger charge is -2.12. The van der Waals surface area contributed by atoms with E-state index in [1.165, 1.54) is 6.08 Å². The average molecular weight is 343 g/mol. The van der Waals surface area contributed by atoms with E-state index < -0.39 is 0 Å². The number of anilines is 1. The van der Waals surface area contributed by atoms with Gasteiger partial charge in [-0.25, -0.2) is 0 Å². The van der Waals surface area contributed by atoms with Gasteiger partial charge in [0.2, 0.25) is 5.91 Å². The van der Waals surface area contributed by atoms with E-state index in [4.69, 9.17) is 18.9 Å². The molecule has 1 amide bonds. The molecular weight excluding hydrogens is 322 g/mol. The van der Waals surface area contributed by atoms with Crippen molar-refractivity contribution in [2.45, 2.75) is 0 Å². The van der Waals surface area contributed by atoms with Crippen LogP contribution >= 0.6 is 0 Å². The van der Waals surface area contributed by atoms with Crippen LogP contribution in [0.1, 0.15) is 5.56 Å². The van der Waals surface area contributed by atoms with E-state index in [1.807, 2.05) is 0 Å². The number of amides is 1. The fraction of sp³-hybridized carbons (Fsp3) is 0.211. The second kappa shape index (κ2) is 8.63. The number of benzene rings is 2. The summed E-state index contributed by atoms with van der Waals surface area (Å²) in [5.41, 5.74) is 1.32. The molecule has 0 bridgehead atoms. The van der Waals surface area contributed by atoms with Gasteiger partial charge in [0.25, 0.3) is 0 Å². The lowest BCUT2D eigenvalue weighted by Crippen LogP contribution is -2.07. The topological polar surface area (TPSA) is 66.0 Å². The van der Waals surface area contributed by atoms with Gasteiger partial charge < -0.3 is 24.3 Å². The van der Waals surface area contributed by atoms with Crippen molar-refractivity contribution in [3.8, 4) is 23.0 Å². The molecule has 0 saturated heterocycles. The van der Waals surface area contributed by atoms with Crippen molar-refractivity contribution < 1.29 is 23.7 Å². The summed E-state index contributed by atoms with van der Waals surface area (Å²) >= 11 is 0. The van der Waals surface area contributed by atoms with Crippen molar-refractivity contribution in [2.24, 2.45) is 0 Å². The second-order valence-electron chi connectivity index (χ2n) is 5.00. The maximum absolute atomic E-state index is 12.1. The first-order valence-corrected chi connectivity index (χ1v) is 7.54. The van der Waals surface area contributed by atoms with Gasteiger partial charge in [-0.1, -0.05) is 0 Å². The van der Waals surface area contributed by atoms with Crippen molar-refractivity contribution in [2.75, 3.05) is 33.8 Å². The fourth-order valence-electron chi connectivity index (χ4n) is 2.21. The maximum atomic E-state index is 12.1. The van der Waals surface area contributed by atoms with Crippen molar-refractivity contribution >= 4 is 17.7 Å². The molecule has 0 aromatic heterocycles. The number of hydrogen-bond donors (Lipinski definition) is 1. The number of methoxy groups -OCH3 is 4. The van der Waals surface area contributed by atoms with Gasteiger partial charge in [0, 0.05) is 23.9 Å². The minimum atomic E-state index is -0.273. The summed E-state index contributed by atoms with van der Waals surface area (Å²) in [4.78, 5) is 12.1. The average Bonchev–Trinajstić information content (AvgIpc) is 2.66. The molecule has 0 aliphatic carbocycles.